The van der Waals surface area contributed by atoms with E-state index in [0.717, 1.165) is 27.7 Å². The molecule has 32 heavy (non-hydrogen) atoms. The number of aryl methyl sites for hydroxylation is 2. The van der Waals surface area contributed by atoms with Crippen molar-refractivity contribution in [3.63, 3.8) is 0 Å². The van der Waals surface area contributed by atoms with Gasteiger partial charge in [-0.05, 0) is 37.6 Å². The van der Waals surface area contributed by atoms with Crippen molar-refractivity contribution in [2.75, 3.05) is 6.54 Å². The molecule has 2 aromatic carbocycles. The summed E-state index contributed by atoms with van der Waals surface area (Å²) in [5.74, 6) is 0.195. The predicted octanol–water partition coefficient (Wildman–Crippen LogP) is 4.04. The Hall–Kier alpha value is -3.74. The molecule has 0 saturated carbocycles. The lowest BCUT2D eigenvalue weighted by molar-refractivity contribution is -0.120. The smallest absolute Gasteiger partial charge is 0.224 e. The van der Waals surface area contributed by atoms with E-state index in [0.29, 0.717) is 35.7 Å². The van der Waals surface area contributed by atoms with Crippen LogP contribution in [0.5, 0.6) is 5.75 Å². The Bertz CT molecular complexity index is 1330. The van der Waals surface area contributed by atoms with Gasteiger partial charge in [0.05, 0.1) is 30.0 Å². The number of ether oxygens (including phenoxy) is 1. The van der Waals surface area contributed by atoms with E-state index in [1.807, 2.05) is 44.3 Å². The summed E-state index contributed by atoms with van der Waals surface area (Å²) >= 11 is 0. The molecule has 6 nitrogen and oxygen atoms in total. The summed E-state index contributed by atoms with van der Waals surface area (Å²) in [5.41, 5.74) is 5.41. The molecule has 4 aromatic rings. The number of nitrogens with zero attached hydrogens (tertiary/aromatic N) is 2. The Labute approximate surface area is 184 Å². The number of hydrogen-bond acceptors (Lipinski definition) is 4. The summed E-state index contributed by atoms with van der Waals surface area (Å²) in [7, 11) is 0. The van der Waals surface area contributed by atoms with Crippen LogP contribution in [0, 0.1) is 19.7 Å². The van der Waals surface area contributed by atoms with Crippen LogP contribution in [0.25, 0.3) is 22.2 Å². The van der Waals surface area contributed by atoms with E-state index in [1.54, 1.807) is 6.20 Å². The van der Waals surface area contributed by atoms with Gasteiger partial charge in [0.25, 0.3) is 0 Å². The van der Waals surface area contributed by atoms with E-state index < -0.39 is 0 Å². The molecular formula is C25H23FN4O2. The lowest BCUT2D eigenvalue weighted by atomic mass is 10.0. The molecule has 0 spiro atoms. The molecule has 2 aromatic heterocycles. The van der Waals surface area contributed by atoms with Crippen LogP contribution in [0.3, 0.4) is 0 Å². The highest BCUT2D eigenvalue weighted by molar-refractivity contribution is 5.88. The second-order valence-corrected chi connectivity index (χ2v) is 8.17. The molecule has 2 N–H and O–H groups in total. The number of H-pyrrole nitrogens is 1. The number of carbonyl (C=O) groups is 1. The summed E-state index contributed by atoms with van der Waals surface area (Å²) in [5, 5.41) is 4.00. The molecule has 1 unspecified atom stereocenters. The summed E-state index contributed by atoms with van der Waals surface area (Å²) < 4.78 is 20.5. The maximum atomic E-state index is 14.3. The molecular weight excluding hydrogens is 407 g/mol. The van der Waals surface area contributed by atoms with Crippen LogP contribution in [0.1, 0.15) is 22.5 Å². The minimum absolute atomic E-state index is 0.0823. The van der Waals surface area contributed by atoms with Crippen molar-refractivity contribution in [2.45, 2.75) is 32.8 Å². The molecule has 162 valence electrons. The lowest BCUT2D eigenvalue weighted by Gasteiger charge is -2.14. The zero-order valence-corrected chi connectivity index (χ0v) is 17.9. The highest BCUT2D eigenvalue weighted by atomic mass is 19.1. The third kappa shape index (κ3) is 3.82. The van der Waals surface area contributed by atoms with Gasteiger partial charge in [0.15, 0.2) is 0 Å². The molecule has 0 aliphatic carbocycles. The maximum absolute atomic E-state index is 14.3. The topological polar surface area (TPSA) is 79.9 Å². The van der Waals surface area contributed by atoms with Crippen LogP contribution in [-0.2, 0) is 17.6 Å². The van der Waals surface area contributed by atoms with Gasteiger partial charge in [0, 0.05) is 40.8 Å². The van der Waals surface area contributed by atoms with Crippen molar-refractivity contribution >= 4 is 16.8 Å². The number of benzene rings is 2. The third-order valence-corrected chi connectivity index (χ3v) is 5.75. The lowest BCUT2D eigenvalue weighted by Crippen LogP contribution is -2.35. The number of nitrogens with one attached hydrogen (secondary N) is 2. The van der Waals surface area contributed by atoms with E-state index in [-0.39, 0.29) is 24.2 Å². The molecule has 0 saturated heterocycles. The normalized spacial score (nSPS) is 14.9. The van der Waals surface area contributed by atoms with Crippen LogP contribution in [0.15, 0.2) is 48.8 Å². The first-order chi connectivity index (χ1) is 15.5. The Balaban J connectivity index is 1.29. The first-order valence-electron chi connectivity index (χ1n) is 10.6. The van der Waals surface area contributed by atoms with Gasteiger partial charge in [0.2, 0.25) is 5.91 Å². The Morgan fingerprint density at radius 1 is 1.28 bits per heavy atom. The fraction of sp³-hybridized carbons (Fsp3) is 0.240. The molecule has 1 atom stereocenters. The average molecular weight is 430 g/mol. The summed E-state index contributed by atoms with van der Waals surface area (Å²) in [6, 6.07) is 10.8. The van der Waals surface area contributed by atoms with E-state index in [1.165, 1.54) is 12.1 Å². The van der Waals surface area contributed by atoms with Crippen molar-refractivity contribution < 1.29 is 13.9 Å². The van der Waals surface area contributed by atoms with Crippen molar-refractivity contribution in [3.8, 4) is 17.0 Å². The number of aromatic amines is 1. The number of para-hydroxylation sites is 1. The number of rotatable bonds is 5. The molecule has 3 heterocycles. The molecule has 1 aliphatic rings. The fourth-order valence-electron chi connectivity index (χ4n) is 4.22. The standard InChI is InChI=1S/C25H23FN4O2/c1-14-11-27-15(2)24(30-14)21-10-18(26)7-16-8-19(32-25(16)21)13-29-23(31)9-17-12-28-22-6-4-3-5-20(17)22/h3-7,10-12,19,28H,8-9,13H2,1-2H3,(H,29,31). The van der Waals surface area contributed by atoms with Gasteiger partial charge >= 0.3 is 0 Å². The monoisotopic (exact) mass is 430 g/mol. The van der Waals surface area contributed by atoms with E-state index in [9.17, 15) is 9.18 Å². The number of amides is 1. The molecule has 0 fully saturated rings. The minimum atomic E-state index is -0.339. The van der Waals surface area contributed by atoms with Gasteiger partial charge in [-0.25, -0.2) is 9.37 Å². The molecule has 5 rings (SSSR count). The van der Waals surface area contributed by atoms with Gasteiger partial charge in [-0.2, -0.15) is 0 Å². The molecule has 0 bridgehead atoms. The van der Waals surface area contributed by atoms with Crippen LogP contribution in [0.2, 0.25) is 0 Å². The van der Waals surface area contributed by atoms with Gasteiger partial charge in [-0.1, -0.05) is 18.2 Å². The van der Waals surface area contributed by atoms with Gasteiger partial charge < -0.3 is 15.0 Å². The van der Waals surface area contributed by atoms with Crippen molar-refractivity contribution in [3.05, 3.63) is 77.1 Å². The van der Waals surface area contributed by atoms with Crippen LogP contribution in [0.4, 0.5) is 4.39 Å². The minimum Gasteiger partial charge on any atom is -0.487 e. The summed E-state index contributed by atoms with van der Waals surface area (Å²) in [4.78, 5) is 24.6. The molecule has 0 radical (unpaired) electrons. The zero-order chi connectivity index (χ0) is 22.2. The van der Waals surface area contributed by atoms with Crippen LogP contribution in [-0.4, -0.2) is 33.5 Å². The zero-order valence-electron chi connectivity index (χ0n) is 17.9. The number of halogens is 1. The quantitative estimate of drug-likeness (QED) is 0.501. The van der Waals surface area contributed by atoms with E-state index in [2.05, 4.69) is 20.3 Å². The maximum Gasteiger partial charge on any atom is 0.224 e. The average Bonchev–Trinajstić information content (AvgIpc) is 3.37. The highest BCUT2D eigenvalue weighted by Crippen LogP contribution is 2.39. The molecule has 1 amide bonds. The van der Waals surface area contributed by atoms with Gasteiger partial charge in [-0.15, -0.1) is 0 Å². The largest absolute Gasteiger partial charge is 0.487 e. The van der Waals surface area contributed by atoms with Gasteiger partial charge in [0.1, 0.15) is 17.7 Å². The number of carbonyl (C=O) groups excluding carboxylic acids is 1. The third-order valence-electron chi connectivity index (χ3n) is 5.75. The predicted molar refractivity (Wildman–Crippen MR) is 120 cm³/mol. The van der Waals surface area contributed by atoms with Crippen molar-refractivity contribution in [1.82, 2.24) is 20.3 Å². The Morgan fingerprint density at radius 2 is 2.12 bits per heavy atom. The van der Waals surface area contributed by atoms with Gasteiger partial charge in [-0.3, -0.25) is 9.78 Å². The Kier molecular flexibility index (Phi) is 5.09. The van der Waals surface area contributed by atoms with Crippen molar-refractivity contribution in [1.29, 1.82) is 0 Å². The van der Waals surface area contributed by atoms with E-state index >= 15 is 0 Å². The van der Waals surface area contributed by atoms with E-state index in [4.69, 9.17) is 4.74 Å². The fourth-order valence-corrected chi connectivity index (χ4v) is 4.22. The first-order valence-corrected chi connectivity index (χ1v) is 10.6. The first kappa shape index (κ1) is 20.2. The Morgan fingerprint density at radius 3 is 3.00 bits per heavy atom. The summed E-state index contributed by atoms with van der Waals surface area (Å²) in [6.07, 6.45) is 4.08. The molecule has 7 heteroatoms. The number of aromatic nitrogens is 3. The SMILES string of the molecule is Cc1cnc(C)c(-c2cc(F)cc3c2OC(CNC(=O)Cc2c[nH]c4ccccc24)C3)n1. The van der Waals surface area contributed by atoms with Crippen LogP contribution >= 0.6 is 0 Å². The highest BCUT2D eigenvalue weighted by Gasteiger charge is 2.28. The van der Waals surface area contributed by atoms with Crippen molar-refractivity contribution in [2.24, 2.45) is 0 Å². The molecule has 1 aliphatic heterocycles. The van der Waals surface area contributed by atoms with Crippen LogP contribution < -0.4 is 10.1 Å². The second kappa shape index (κ2) is 8.07. The number of fused-ring (bicyclic) bond motifs is 2. The number of hydrogen-bond donors (Lipinski definition) is 2. The second-order valence-electron chi connectivity index (χ2n) is 8.17. The summed E-state index contributed by atoms with van der Waals surface area (Å²) in [6.45, 7) is 4.04.